The van der Waals surface area contributed by atoms with Crippen molar-refractivity contribution < 1.29 is 9.21 Å². The maximum absolute atomic E-state index is 12.2. The summed E-state index contributed by atoms with van der Waals surface area (Å²) in [7, 11) is 0. The number of hydrogen-bond acceptors (Lipinski definition) is 4. The van der Waals surface area contributed by atoms with Gasteiger partial charge in [-0.2, -0.15) is 0 Å². The van der Waals surface area contributed by atoms with Gasteiger partial charge in [-0.25, -0.2) is 5.10 Å². The Balaban J connectivity index is 1.68. The van der Waals surface area contributed by atoms with Crippen LogP contribution in [0.4, 0.5) is 0 Å². The predicted octanol–water partition coefficient (Wildman–Crippen LogP) is 3.32. The number of rotatable bonds is 4. The predicted molar refractivity (Wildman–Crippen MR) is 81.4 cm³/mol. The first kappa shape index (κ1) is 14.0. The molecule has 110 valence electrons. The fraction of sp³-hybridized carbons (Fsp3) is 0.400. The molecule has 1 aliphatic carbocycles. The van der Waals surface area contributed by atoms with Gasteiger partial charge in [0.25, 0.3) is 10.7 Å². The van der Waals surface area contributed by atoms with Gasteiger partial charge in [0, 0.05) is 17.2 Å². The second kappa shape index (κ2) is 5.81. The fourth-order valence-electron chi connectivity index (χ4n) is 2.47. The molecule has 3 rings (SSSR count). The third-order valence-corrected chi connectivity index (χ3v) is 4.22. The van der Waals surface area contributed by atoms with Gasteiger partial charge in [-0.05, 0) is 62.2 Å². The highest BCUT2D eigenvalue weighted by atomic mass is 32.1. The topological polar surface area (TPSA) is 70.9 Å². The highest BCUT2D eigenvalue weighted by Gasteiger charge is 2.25. The van der Waals surface area contributed by atoms with Crippen LogP contribution in [0.3, 0.4) is 0 Å². The van der Waals surface area contributed by atoms with Gasteiger partial charge in [0.05, 0.1) is 0 Å². The summed E-state index contributed by atoms with van der Waals surface area (Å²) in [5.41, 5.74) is 1.42. The smallest absolute Gasteiger partial charge is 0.284 e. The van der Waals surface area contributed by atoms with Crippen molar-refractivity contribution >= 4 is 18.1 Å². The summed E-state index contributed by atoms with van der Waals surface area (Å²) in [6, 6.07) is 7.38. The molecule has 0 aliphatic heterocycles. The first-order valence-electron chi connectivity index (χ1n) is 7.10. The summed E-state index contributed by atoms with van der Waals surface area (Å²) in [5, 5.41) is 9.59. The second-order valence-electron chi connectivity index (χ2n) is 5.45. The van der Waals surface area contributed by atoms with E-state index in [1.54, 1.807) is 24.3 Å². The van der Waals surface area contributed by atoms with Crippen molar-refractivity contribution in [1.29, 1.82) is 0 Å². The number of nitrogens with zero attached hydrogens (tertiary/aromatic N) is 1. The van der Waals surface area contributed by atoms with Crippen LogP contribution in [-0.2, 0) is 0 Å². The zero-order valence-electron chi connectivity index (χ0n) is 11.8. The number of carbonyl (C=O) groups is 1. The van der Waals surface area contributed by atoms with Gasteiger partial charge >= 0.3 is 0 Å². The van der Waals surface area contributed by atoms with E-state index in [0.29, 0.717) is 17.4 Å². The van der Waals surface area contributed by atoms with Gasteiger partial charge in [0.15, 0.2) is 0 Å². The van der Waals surface area contributed by atoms with Crippen LogP contribution in [0.25, 0.3) is 11.5 Å². The minimum atomic E-state index is -0.0381. The Morgan fingerprint density at radius 3 is 2.67 bits per heavy atom. The molecular weight excluding hydrogens is 286 g/mol. The van der Waals surface area contributed by atoms with Gasteiger partial charge in [-0.3, -0.25) is 4.79 Å². The van der Waals surface area contributed by atoms with Crippen LogP contribution in [0.1, 0.15) is 36.5 Å². The minimum absolute atomic E-state index is 0.0381. The number of amides is 1. The molecule has 0 bridgehead atoms. The number of aromatic amines is 1. The largest absolute Gasteiger partial charge is 0.409 e. The van der Waals surface area contributed by atoms with E-state index in [0.717, 1.165) is 5.56 Å². The Labute approximate surface area is 127 Å². The SMILES string of the molecule is CC(NC(=O)c1ccc(-c2n[nH]c(=S)o2)cc1)C1CCC1. The third kappa shape index (κ3) is 3.05. The molecular formula is C15H17N3O2S. The number of nitrogens with one attached hydrogen (secondary N) is 2. The molecule has 1 atom stereocenters. The summed E-state index contributed by atoms with van der Waals surface area (Å²) in [5.74, 6) is 1.01. The van der Waals surface area contributed by atoms with Crippen LogP contribution in [0.15, 0.2) is 28.7 Å². The molecule has 2 aromatic rings. The van der Waals surface area contributed by atoms with E-state index in [9.17, 15) is 4.79 Å². The van der Waals surface area contributed by atoms with E-state index in [1.807, 2.05) is 0 Å². The van der Waals surface area contributed by atoms with Crippen LogP contribution in [0.2, 0.25) is 0 Å². The van der Waals surface area contributed by atoms with Crippen molar-refractivity contribution in [2.75, 3.05) is 0 Å². The van der Waals surface area contributed by atoms with Gasteiger partial charge in [0.2, 0.25) is 5.89 Å². The maximum atomic E-state index is 12.2. The molecule has 1 aromatic carbocycles. The molecule has 1 aromatic heterocycles. The van der Waals surface area contributed by atoms with E-state index in [4.69, 9.17) is 16.6 Å². The van der Waals surface area contributed by atoms with E-state index < -0.39 is 0 Å². The quantitative estimate of drug-likeness (QED) is 0.850. The van der Waals surface area contributed by atoms with E-state index in [-0.39, 0.29) is 16.8 Å². The molecule has 0 radical (unpaired) electrons. The van der Waals surface area contributed by atoms with Crippen molar-refractivity contribution in [1.82, 2.24) is 15.5 Å². The molecule has 2 N–H and O–H groups in total. The van der Waals surface area contributed by atoms with Crippen molar-refractivity contribution in [2.45, 2.75) is 32.2 Å². The first-order chi connectivity index (χ1) is 10.1. The number of aromatic nitrogens is 2. The van der Waals surface area contributed by atoms with Crippen molar-refractivity contribution in [3.63, 3.8) is 0 Å². The van der Waals surface area contributed by atoms with E-state index >= 15 is 0 Å². The fourth-order valence-corrected chi connectivity index (χ4v) is 2.59. The van der Waals surface area contributed by atoms with Crippen LogP contribution in [0, 0.1) is 10.8 Å². The van der Waals surface area contributed by atoms with E-state index in [1.165, 1.54) is 19.3 Å². The molecule has 1 unspecified atom stereocenters. The average Bonchev–Trinajstić information content (AvgIpc) is 2.83. The summed E-state index contributed by atoms with van der Waals surface area (Å²) < 4.78 is 5.24. The molecule has 1 saturated carbocycles. The van der Waals surface area contributed by atoms with Gasteiger partial charge in [0.1, 0.15) is 0 Å². The number of carbonyl (C=O) groups excluding carboxylic acids is 1. The Morgan fingerprint density at radius 2 is 2.14 bits per heavy atom. The zero-order chi connectivity index (χ0) is 14.8. The lowest BCUT2D eigenvalue weighted by atomic mass is 9.80. The summed E-state index contributed by atoms with van der Waals surface area (Å²) >= 11 is 4.84. The zero-order valence-corrected chi connectivity index (χ0v) is 12.6. The van der Waals surface area contributed by atoms with Crippen molar-refractivity contribution in [3.05, 3.63) is 34.7 Å². The van der Waals surface area contributed by atoms with Gasteiger partial charge < -0.3 is 9.73 Å². The molecule has 0 spiro atoms. The molecule has 6 heteroatoms. The third-order valence-electron chi connectivity index (χ3n) is 4.05. The maximum Gasteiger partial charge on any atom is 0.284 e. The summed E-state index contributed by atoms with van der Waals surface area (Å²) in [6.07, 6.45) is 3.70. The monoisotopic (exact) mass is 303 g/mol. The standard InChI is InChI=1S/C15H17N3O2S/c1-9(10-3-2-4-10)16-13(19)11-5-7-12(8-6-11)14-17-18-15(21)20-14/h5-10H,2-4H2,1H3,(H,16,19)(H,18,21). The first-order valence-corrected chi connectivity index (χ1v) is 7.51. The van der Waals surface area contributed by atoms with Crippen molar-refractivity contribution in [3.8, 4) is 11.5 Å². The molecule has 0 saturated heterocycles. The van der Waals surface area contributed by atoms with Crippen LogP contribution in [0.5, 0.6) is 0 Å². The van der Waals surface area contributed by atoms with E-state index in [2.05, 4.69) is 22.4 Å². The Kier molecular flexibility index (Phi) is 3.88. The summed E-state index contributed by atoms with van der Waals surface area (Å²) in [6.45, 7) is 2.07. The van der Waals surface area contributed by atoms with Gasteiger partial charge in [-0.1, -0.05) is 6.42 Å². The second-order valence-corrected chi connectivity index (χ2v) is 5.82. The highest BCUT2D eigenvalue weighted by molar-refractivity contribution is 7.71. The number of hydrogen-bond donors (Lipinski definition) is 2. The molecule has 1 amide bonds. The average molecular weight is 303 g/mol. The van der Waals surface area contributed by atoms with Crippen LogP contribution < -0.4 is 5.32 Å². The summed E-state index contributed by atoms with van der Waals surface area (Å²) in [4.78, 5) is 12.4. The normalized spacial score (nSPS) is 16.2. The number of H-pyrrole nitrogens is 1. The molecule has 1 aliphatic rings. The Morgan fingerprint density at radius 1 is 1.43 bits per heavy atom. The molecule has 1 fully saturated rings. The molecule has 21 heavy (non-hydrogen) atoms. The van der Waals surface area contributed by atoms with Crippen LogP contribution >= 0.6 is 12.2 Å². The van der Waals surface area contributed by atoms with Crippen LogP contribution in [-0.4, -0.2) is 22.1 Å². The Hall–Kier alpha value is -1.95. The number of benzene rings is 1. The van der Waals surface area contributed by atoms with Crippen molar-refractivity contribution in [2.24, 2.45) is 5.92 Å². The minimum Gasteiger partial charge on any atom is -0.409 e. The lowest BCUT2D eigenvalue weighted by Gasteiger charge is -2.31. The lowest BCUT2D eigenvalue weighted by molar-refractivity contribution is 0.0909. The van der Waals surface area contributed by atoms with Gasteiger partial charge in [-0.15, -0.1) is 5.10 Å². The highest BCUT2D eigenvalue weighted by Crippen LogP contribution is 2.29. The molecule has 1 heterocycles. The molecule has 5 nitrogen and oxygen atoms in total. The lowest BCUT2D eigenvalue weighted by Crippen LogP contribution is -2.40. The Bertz CT molecular complexity index is 685.